The van der Waals surface area contributed by atoms with Gasteiger partial charge in [0.1, 0.15) is 11.7 Å². The van der Waals surface area contributed by atoms with Gasteiger partial charge in [0.25, 0.3) is 5.91 Å². The number of nitrogens with one attached hydrogen (secondary N) is 3. The van der Waals surface area contributed by atoms with Crippen molar-refractivity contribution in [3.63, 3.8) is 0 Å². The van der Waals surface area contributed by atoms with E-state index in [-0.39, 0.29) is 28.6 Å². The predicted octanol–water partition coefficient (Wildman–Crippen LogP) is 4.26. The second-order valence-corrected chi connectivity index (χ2v) is 11.6. The van der Waals surface area contributed by atoms with Crippen molar-refractivity contribution in [3.8, 4) is 0 Å². The number of nitrogens with zero attached hydrogens (tertiary/aromatic N) is 2. The Bertz CT molecular complexity index is 1500. The van der Waals surface area contributed by atoms with Gasteiger partial charge in [0.05, 0.1) is 0 Å². The van der Waals surface area contributed by atoms with Crippen LogP contribution in [0.4, 0.5) is 11.4 Å². The molecule has 4 aliphatic rings. The first-order valence-electron chi connectivity index (χ1n) is 13.8. The third-order valence-corrected chi connectivity index (χ3v) is 9.45. The molecule has 2 atom stereocenters. The van der Waals surface area contributed by atoms with E-state index < -0.39 is 6.04 Å². The lowest BCUT2D eigenvalue weighted by atomic mass is 9.74. The second kappa shape index (κ2) is 8.81. The smallest absolute Gasteiger partial charge is 0.270 e. The molecule has 39 heavy (non-hydrogen) atoms. The lowest BCUT2D eigenvalue weighted by Crippen LogP contribution is -2.49. The van der Waals surface area contributed by atoms with Gasteiger partial charge in [-0.05, 0) is 72.4 Å². The van der Waals surface area contributed by atoms with Crippen LogP contribution in [0.1, 0.15) is 58.8 Å². The molecule has 0 bridgehead atoms. The maximum Gasteiger partial charge on any atom is 0.270 e. The number of aryl methyl sites for hydroxylation is 1. The van der Waals surface area contributed by atoms with Crippen LogP contribution in [0.25, 0.3) is 0 Å². The number of ether oxygens (including phenoxy) is 1. The van der Waals surface area contributed by atoms with Gasteiger partial charge in [-0.3, -0.25) is 14.3 Å². The molecule has 1 aromatic heterocycles. The number of carbonyl (C=O) groups is 2. The Balaban J connectivity index is 1.20. The average molecular weight is 524 g/mol. The summed E-state index contributed by atoms with van der Waals surface area (Å²) in [4.78, 5) is 27.4. The number of rotatable bonds is 5. The molecule has 1 unspecified atom stereocenters. The summed E-state index contributed by atoms with van der Waals surface area (Å²) in [5.74, 6) is -0.608. The maximum absolute atomic E-state index is 14.1. The number of fused-ring (bicyclic) bond motifs is 3. The minimum Gasteiger partial charge on any atom is -0.381 e. The fourth-order valence-electron chi connectivity index (χ4n) is 7.21. The standard InChI is InChI=1S/C31H33N5O3/c1-19-31(12-15-39-16-13-31)23-8-7-21(17-24(23)33-19)34-29(38)27(35-28(37)25-9-14-32-36(25)2)26-22-6-4-3-5-20(22)18-30(26)10-11-30/h3-9,14,17,26-27,33H,1,10-13,15-16,18H2,2H3,(H,34,38)(H,35,37)/t26?,27-/m0/s1. The number of carbonyl (C=O) groups excluding carboxylic acids is 2. The molecule has 3 N–H and O–H groups in total. The van der Waals surface area contributed by atoms with E-state index in [1.807, 2.05) is 18.2 Å². The maximum atomic E-state index is 14.1. The summed E-state index contributed by atoms with van der Waals surface area (Å²) < 4.78 is 7.15. The SMILES string of the molecule is C=C1Nc2cc(NC(=O)[C@@H](NC(=O)c3ccnn3C)C3c4ccccc4CC34CC4)ccc2C12CCOCC2. The van der Waals surface area contributed by atoms with Crippen LogP contribution in [0.5, 0.6) is 0 Å². The first-order chi connectivity index (χ1) is 18.9. The Morgan fingerprint density at radius 2 is 1.92 bits per heavy atom. The van der Waals surface area contributed by atoms with Crippen molar-refractivity contribution in [2.24, 2.45) is 12.5 Å². The zero-order valence-corrected chi connectivity index (χ0v) is 22.1. The number of allylic oxidation sites excluding steroid dienone is 1. The first-order valence-corrected chi connectivity index (χ1v) is 13.8. The van der Waals surface area contributed by atoms with E-state index in [0.29, 0.717) is 24.6 Å². The summed E-state index contributed by atoms with van der Waals surface area (Å²) in [6, 6.07) is 15.3. The lowest BCUT2D eigenvalue weighted by Gasteiger charge is -2.34. The van der Waals surface area contributed by atoms with Gasteiger partial charge >= 0.3 is 0 Å². The van der Waals surface area contributed by atoms with Gasteiger partial charge in [-0.25, -0.2) is 0 Å². The topological polar surface area (TPSA) is 97.3 Å². The summed E-state index contributed by atoms with van der Waals surface area (Å²) in [7, 11) is 1.73. The molecule has 2 spiro atoms. The normalized spacial score (nSPS) is 22.2. The lowest BCUT2D eigenvalue weighted by molar-refractivity contribution is -0.118. The predicted molar refractivity (Wildman–Crippen MR) is 149 cm³/mol. The van der Waals surface area contributed by atoms with Crippen molar-refractivity contribution in [2.45, 2.75) is 49.5 Å². The van der Waals surface area contributed by atoms with E-state index in [4.69, 9.17) is 4.74 Å². The number of benzene rings is 2. The van der Waals surface area contributed by atoms with Crippen LogP contribution in [0.15, 0.2) is 67.0 Å². The van der Waals surface area contributed by atoms with Gasteiger partial charge in [0.2, 0.25) is 5.91 Å². The number of amides is 2. The zero-order chi connectivity index (χ0) is 26.8. The molecule has 2 amide bonds. The van der Waals surface area contributed by atoms with Gasteiger partial charge in [-0.2, -0.15) is 5.10 Å². The summed E-state index contributed by atoms with van der Waals surface area (Å²) in [5, 5.41) is 13.9. The van der Waals surface area contributed by atoms with Crippen LogP contribution in [0.2, 0.25) is 0 Å². The van der Waals surface area contributed by atoms with Gasteiger partial charge in [0, 0.05) is 54.9 Å². The molecule has 1 saturated carbocycles. The van der Waals surface area contributed by atoms with Gasteiger partial charge in [-0.15, -0.1) is 0 Å². The largest absolute Gasteiger partial charge is 0.381 e. The van der Waals surface area contributed by atoms with Crippen molar-refractivity contribution in [1.82, 2.24) is 15.1 Å². The van der Waals surface area contributed by atoms with E-state index in [2.05, 4.69) is 51.9 Å². The molecule has 2 aliphatic heterocycles. The number of hydrogen-bond donors (Lipinski definition) is 3. The molecule has 1 saturated heterocycles. The number of aromatic nitrogens is 2. The fraction of sp³-hybridized carbons (Fsp3) is 0.387. The third-order valence-electron chi connectivity index (χ3n) is 9.45. The van der Waals surface area contributed by atoms with Crippen molar-refractivity contribution in [1.29, 1.82) is 0 Å². The summed E-state index contributed by atoms with van der Waals surface area (Å²) in [6.07, 6.45) is 6.41. The molecule has 2 fully saturated rings. The minimum absolute atomic E-state index is 0.0120. The van der Waals surface area contributed by atoms with Crippen LogP contribution in [0, 0.1) is 5.41 Å². The molecular weight excluding hydrogens is 490 g/mol. The Hall–Kier alpha value is -3.91. The van der Waals surface area contributed by atoms with Crippen LogP contribution < -0.4 is 16.0 Å². The molecule has 0 radical (unpaired) electrons. The molecule has 2 aliphatic carbocycles. The highest BCUT2D eigenvalue weighted by molar-refractivity contribution is 6.01. The van der Waals surface area contributed by atoms with Crippen LogP contribution in [-0.4, -0.2) is 40.9 Å². The molecule has 3 heterocycles. The molecule has 3 aromatic rings. The van der Waals surface area contributed by atoms with E-state index in [1.54, 1.807) is 19.3 Å². The van der Waals surface area contributed by atoms with Crippen molar-refractivity contribution in [2.75, 3.05) is 23.8 Å². The second-order valence-electron chi connectivity index (χ2n) is 11.6. The molecule has 8 heteroatoms. The van der Waals surface area contributed by atoms with E-state index in [1.165, 1.54) is 15.8 Å². The van der Waals surface area contributed by atoms with Crippen LogP contribution >= 0.6 is 0 Å². The average Bonchev–Trinajstić information content (AvgIpc) is 3.32. The van der Waals surface area contributed by atoms with Gasteiger partial charge in [0.15, 0.2) is 0 Å². The summed E-state index contributed by atoms with van der Waals surface area (Å²) in [5.41, 5.74) is 6.61. The Morgan fingerprint density at radius 1 is 1.13 bits per heavy atom. The highest BCUT2D eigenvalue weighted by Gasteiger charge is 2.58. The molecule has 7 rings (SSSR count). The van der Waals surface area contributed by atoms with E-state index in [0.717, 1.165) is 49.1 Å². The Morgan fingerprint density at radius 3 is 2.67 bits per heavy atom. The molecule has 8 nitrogen and oxygen atoms in total. The minimum atomic E-state index is -0.725. The Labute approximate surface area is 227 Å². The highest BCUT2D eigenvalue weighted by Crippen LogP contribution is 2.64. The fourth-order valence-corrected chi connectivity index (χ4v) is 7.21. The zero-order valence-electron chi connectivity index (χ0n) is 22.1. The first kappa shape index (κ1) is 24.2. The summed E-state index contributed by atoms with van der Waals surface area (Å²) >= 11 is 0. The monoisotopic (exact) mass is 523 g/mol. The molecule has 2 aromatic carbocycles. The third kappa shape index (κ3) is 3.80. The number of anilines is 2. The van der Waals surface area contributed by atoms with Gasteiger partial charge < -0.3 is 20.7 Å². The number of hydrogen-bond acceptors (Lipinski definition) is 5. The van der Waals surface area contributed by atoms with E-state index in [9.17, 15) is 9.59 Å². The van der Waals surface area contributed by atoms with Crippen LogP contribution in [0.3, 0.4) is 0 Å². The van der Waals surface area contributed by atoms with Crippen molar-refractivity contribution >= 4 is 23.2 Å². The highest BCUT2D eigenvalue weighted by atomic mass is 16.5. The van der Waals surface area contributed by atoms with Crippen molar-refractivity contribution in [3.05, 3.63) is 89.4 Å². The molecule has 200 valence electrons. The van der Waals surface area contributed by atoms with E-state index >= 15 is 0 Å². The van der Waals surface area contributed by atoms with Crippen LogP contribution in [-0.2, 0) is 28.4 Å². The van der Waals surface area contributed by atoms with Crippen molar-refractivity contribution < 1.29 is 14.3 Å². The van der Waals surface area contributed by atoms with Gasteiger partial charge in [-0.1, -0.05) is 36.9 Å². The summed E-state index contributed by atoms with van der Waals surface area (Å²) in [6.45, 7) is 5.74. The molecular formula is C31H33N5O3. The quantitative estimate of drug-likeness (QED) is 0.464. The Kier molecular flexibility index (Phi) is 5.46.